The molecule has 0 radical (unpaired) electrons. The molecule has 0 fully saturated rings. The van der Waals surface area contributed by atoms with Crippen LogP contribution in [0.1, 0.15) is 23.2 Å². The minimum absolute atomic E-state index is 0.847. The molecule has 13 heavy (non-hydrogen) atoms. The fourth-order valence-corrected chi connectivity index (χ4v) is 1.44. The first-order chi connectivity index (χ1) is 6.15. The molecule has 1 aromatic rings. The van der Waals surface area contributed by atoms with Crippen molar-refractivity contribution in [1.82, 2.24) is 4.98 Å². The number of aromatic nitrogens is 1. The minimum Gasteiger partial charge on any atom is -0.502 e. The molecule has 1 heterocycles. The molecule has 0 spiro atoms. The molecule has 72 valence electrons. The van der Waals surface area contributed by atoms with E-state index < -0.39 is 0 Å². The lowest BCUT2D eigenvalue weighted by Crippen LogP contribution is -1.92. The second-order valence-corrected chi connectivity index (χ2v) is 3.32. The van der Waals surface area contributed by atoms with Crippen molar-refractivity contribution in [2.75, 3.05) is 7.11 Å². The van der Waals surface area contributed by atoms with Gasteiger partial charge in [0.2, 0.25) is 0 Å². The average molecular weight is 179 g/mol. The van der Waals surface area contributed by atoms with Crippen LogP contribution >= 0.6 is 0 Å². The first-order valence-electron chi connectivity index (χ1n) is 4.50. The maximum Gasteiger partial charge on any atom is 0.0887 e. The number of ether oxygens (including phenoxy) is 1. The molecule has 0 amide bonds. The number of H-pyrrole nitrogens is 1. The Bertz CT molecular complexity index is 280. The molecule has 1 rings (SSSR count). The molecule has 2 nitrogen and oxygen atoms in total. The van der Waals surface area contributed by atoms with E-state index in [4.69, 9.17) is 4.74 Å². The third-order valence-electron chi connectivity index (χ3n) is 2.38. The van der Waals surface area contributed by atoms with Crippen LogP contribution in [0, 0.1) is 13.8 Å². The number of methoxy groups -OCH3 is 1. The highest BCUT2D eigenvalue weighted by Crippen LogP contribution is 2.16. The molecule has 0 atom stereocenters. The maximum absolute atomic E-state index is 5.02. The third kappa shape index (κ3) is 2.38. The zero-order chi connectivity index (χ0) is 9.84. The number of hydrogen-bond acceptors (Lipinski definition) is 1. The average Bonchev–Trinajstić information content (AvgIpc) is 2.43. The fourth-order valence-electron chi connectivity index (χ4n) is 1.44. The summed E-state index contributed by atoms with van der Waals surface area (Å²) in [5, 5.41) is 0. The third-order valence-corrected chi connectivity index (χ3v) is 2.38. The first kappa shape index (κ1) is 9.90. The highest BCUT2D eigenvalue weighted by molar-refractivity contribution is 5.29. The van der Waals surface area contributed by atoms with Crippen LogP contribution in [0.2, 0.25) is 0 Å². The lowest BCUT2D eigenvalue weighted by atomic mass is 10.1. The van der Waals surface area contributed by atoms with Crippen molar-refractivity contribution in [2.45, 2.75) is 26.7 Å². The summed E-state index contributed by atoms with van der Waals surface area (Å²) in [7, 11) is 1.67. The summed E-state index contributed by atoms with van der Waals surface area (Å²) in [4.78, 5) is 3.21. The van der Waals surface area contributed by atoms with E-state index in [2.05, 4.69) is 25.4 Å². The molecule has 1 aromatic heterocycles. The molecule has 0 saturated heterocycles. The number of hydrogen-bond donors (Lipinski definition) is 1. The zero-order valence-corrected chi connectivity index (χ0v) is 8.61. The first-order valence-corrected chi connectivity index (χ1v) is 4.50. The normalized spacial score (nSPS) is 10.1. The standard InChI is InChI=1S/C11H17NO/c1-8-7-12-10(3)11(8)6-5-9(2)13-4/h7,12H,2,5-6H2,1,3-4H3. The number of aromatic amines is 1. The van der Waals surface area contributed by atoms with Gasteiger partial charge in [0.25, 0.3) is 0 Å². The van der Waals surface area contributed by atoms with Crippen LogP contribution in [0.25, 0.3) is 0 Å². The van der Waals surface area contributed by atoms with Gasteiger partial charge in [0.15, 0.2) is 0 Å². The van der Waals surface area contributed by atoms with Gasteiger partial charge in [0.1, 0.15) is 0 Å². The van der Waals surface area contributed by atoms with E-state index in [0.717, 1.165) is 18.6 Å². The Labute approximate surface area is 79.6 Å². The molecular weight excluding hydrogens is 162 g/mol. The Morgan fingerprint density at radius 2 is 2.23 bits per heavy atom. The van der Waals surface area contributed by atoms with Gasteiger partial charge in [-0.15, -0.1) is 0 Å². The number of allylic oxidation sites excluding steroid dienone is 1. The summed E-state index contributed by atoms with van der Waals surface area (Å²) in [6, 6.07) is 0. The second kappa shape index (κ2) is 4.17. The molecule has 0 unspecified atom stereocenters. The van der Waals surface area contributed by atoms with Gasteiger partial charge >= 0.3 is 0 Å². The van der Waals surface area contributed by atoms with E-state index in [1.807, 2.05) is 6.20 Å². The zero-order valence-electron chi connectivity index (χ0n) is 8.61. The Hall–Kier alpha value is -1.18. The van der Waals surface area contributed by atoms with Crippen LogP contribution in [-0.2, 0) is 11.2 Å². The molecule has 0 aliphatic carbocycles. The molecular formula is C11H17NO. The van der Waals surface area contributed by atoms with Crippen LogP contribution in [0.15, 0.2) is 18.5 Å². The Kier molecular flexibility index (Phi) is 3.18. The Balaban J connectivity index is 2.58. The SMILES string of the molecule is C=C(CCc1c(C)c[nH]c1C)OC. The topological polar surface area (TPSA) is 25.0 Å². The monoisotopic (exact) mass is 179 g/mol. The summed E-state index contributed by atoms with van der Waals surface area (Å²) in [5.41, 5.74) is 3.96. The molecule has 1 N–H and O–H groups in total. The summed E-state index contributed by atoms with van der Waals surface area (Å²) in [6.07, 6.45) is 3.95. The van der Waals surface area contributed by atoms with Gasteiger partial charge in [-0.05, 0) is 31.4 Å². The van der Waals surface area contributed by atoms with Gasteiger partial charge in [-0.2, -0.15) is 0 Å². The predicted octanol–water partition coefficient (Wildman–Crippen LogP) is 2.72. The molecule has 0 bridgehead atoms. The number of nitrogens with one attached hydrogen (secondary N) is 1. The van der Waals surface area contributed by atoms with Gasteiger partial charge in [-0.25, -0.2) is 0 Å². The van der Waals surface area contributed by atoms with Gasteiger partial charge < -0.3 is 9.72 Å². The van der Waals surface area contributed by atoms with Gasteiger partial charge in [0, 0.05) is 18.3 Å². The molecule has 2 heteroatoms. The molecule has 0 saturated carbocycles. The van der Waals surface area contributed by atoms with Crippen molar-refractivity contribution >= 4 is 0 Å². The van der Waals surface area contributed by atoms with Gasteiger partial charge in [-0.1, -0.05) is 6.58 Å². The van der Waals surface area contributed by atoms with E-state index in [1.54, 1.807) is 7.11 Å². The van der Waals surface area contributed by atoms with Crippen molar-refractivity contribution < 1.29 is 4.74 Å². The fraction of sp³-hybridized carbons (Fsp3) is 0.455. The number of rotatable bonds is 4. The van der Waals surface area contributed by atoms with E-state index in [1.165, 1.54) is 16.8 Å². The summed E-state index contributed by atoms with van der Waals surface area (Å²) < 4.78 is 5.02. The largest absolute Gasteiger partial charge is 0.502 e. The summed E-state index contributed by atoms with van der Waals surface area (Å²) in [5.74, 6) is 0.847. The van der Waals surface area contributed by atoms with E-state index in [0.29, 0.717) is 0 Å². The van der Waals surface area contributed by atoms with Gasteiger partial charge in [-0.3, -0.25) is 0 Å². The molecule has 0 aromatic carbocycles. The smallest absolute Gasteiger partial charge is 0.0887 e. The van der Waals surface area contributed by atoms with Crippen LogP contribution in [0.4, 0.5) is 0 Å². The predicted molar refractivity (Wildman–Crippen MR) is 54.7 cm³/mol. The van der Waals surface area contributed by atoms with Crippen LogP contribution < -0.4 is 0 Å². The summed E-state index contributed by atoms with van der Waals surface area (Å²) >= 11 is 0. The molecule has 0 aliphatic heterocycles. The van der Waals surface area contributed by atoms with Crippen LogP contribution in [0.5, 0.6) is 0 Å². The van der Waals surface area contributed by atoms with Crippen molar-refractivity contribution in [3.8, 4) is 0 Å². The summed E-state index contributed by atoms with van der Waals surface area (Å²) in [6.45, 7) is 8.01. The highest BCUT2D eigenvalue weighted by atomic mass is 16.5. The number of aryl methyl sites for hydroxylation is 2. The van der Waals surface area contributed by atoms with E-state index >= 15 is 0 Å². The Morgan fingerprint density at radius 3 is 2.69 bits per heavy atom. The lowest BCUT2D eigenvalue weighted by Gasteiger charge is -2.04. The van der Waals surface area contributed by atoms with Crippen LogP contribution in [-0.4, -0.2) is 12.1 Å². The maximum atomic E-state index is 5.02. The van der Waals surface area contributed by atoms with E-state index in [9.17, 15) is 0 Å². The minimum atomic E-state index is 0.847. The van der Waals surface area contributed by atoms with E-state index in [-0.39, 0.29) is 0 Å². The van der Waals surface area contributed by atoms with Crippen LogP contribution in [0.3, 0.4) is 0 Å². The van der Waals surface area contributed by atoms with Gasteiger partial charge in [0.05, 0.1) is 12.9 Å². The van der Waals surface area contributed by atoms with Crippen molar-refractivity contribution in [2.24, 2.45) is 0 Å². The molecule has 0 aliphatic rings. The van der Waals surface area contributed by atoms with Crippen molar-refractivity contribution in [3.05, 3.63) is 35.4 Å². The second-order valence-electron chi connectivity index (χ2n) is 3.32. The van der Waals surface area contributed by atoms with Crippen molar-refractivity contribution in [3.63, 3.8) is 0 Å². The quantitative estimate of drug-likeness (QED) is 0.706. The highest BCUT2D eigenvalue weighted by Gasteiger charge is 2.04. The Morgan fingerprint density at radius 1 is 1.54 bits per heavy atom. The van der Waals surface area contributed by atoms with Crippen molar-refractivity contribution in [1.29, 1.82) is 0 Å². The lowest BCUT2D eigenvalue weighted by molar-refractivity contribution is 0.279.